The first-order valence-electron chi connectivity index (χ1n) is 6.38. The number of morpholine rings is 1. The van der Waals surface area contributed by atoms with E-state index in [0.29, 0.717) is 19.8 Å². The van der Waals surface area contributed by atoms with Crippen molar-refractivity contribution in [3.05, 3.63) is 11.1 Å². The van der Waals surface area contributed by atoms with Crippen LogP contribution >= 0.6 is 0 Å². The number of allylic oxidation sites excluding steroid dienone is 1. The first-order chi connectivity index (χ1) is 8.59. The van der Waals surface area contributed by atoms with E-state index in [9.17, 15) is 9.59 Å². The molecule has 0 saturated carbocycles. The van der Waals surface area contributed by atoms with Crippen molar-refractivity contribution >= 4 is 11.9 Å². The summed E-state index contributed by atoms with van der Waals surface area (Å²) in [5.41, 5.74) is 2.04. The number of carboxylic acids is 1. The van der Waals surface area contributed by atoms with Crippen LogP contribution in [0.25, 0.3) is 0 Å². The number of carboxylic acid groups (broad SMARTS) is 1. The average Bonchev–Trinajstić information content (AvgIpc) is 2.74. The van der Waals surface area contributed by atoms with Gasteiger partial charge in [0.15, 0.2) is 0 Å². The molecule has 5 heteroatoms. The zero-order valence-electron chi connectivity index (χ0n) is 10.6. The first-order valence-corrected chi connectivity index (χ1v) is 6.38. The third kappa shape index (κ3) is 2.72. The van der Waals surface area contributed by atoms with Crippen molar-refractivity contribution in [3.63, 3.8) is 0 Å². The van der Waals surface area contributed by atoms with Gasteiger partial charge in [0.1, 0.15) is 0 Å². The Hall–Kier alpha value is -1.36. The number of ether oxygens (including phenoxy) is 1. The van der Waals surface area contributed by atoms with E-state index in [4.69, 9.17) is 9.84 Å². The number of amides is 1. The van der Waals surface area contributed by atoms with E-state index >= 15 is 0 Å². The molecule has 2 aliphatic rings. The molecule has 1 heterocycles. The van der Waals surface area contributed by atoms with E-state index in [1.807, 2.05) is 6.92 Å². The fraction of sp³-hybridized carbons (Fsp3) is 0.692. The molecular formula is C13H19NO4. The number of nitrogens with zero attached hydrogens (tertiary/aromatic N) is 1. The van der Waals surface area contributed by atoms with Crippen molar-refractivity contribution in [3.8, 4) is 0 Å². The number of rotatable bonds is 3. The minimum absolute atomic E-state index is 0.0135. The molecule has 0 spiro atoms. The van der Waals surface area contributed by atoms with Crippen LogP contribution in [0.4, 0.5) is 0 Å². The standard InChI is InChI=1S/C13H19NO4/c1-9-3-2-4-11(9)13(17)14-5-6-18-8-10(14)7-12(15)16/h10H,2-8H2,1H3,(H,15,16). The lowest BCUT2D eigenvalue weighted by Gasteiger charge is -2.35. The molecule has 1 aliphatic carbocycles. The van der Waals surface area contributed by atoms with Gasteiger partial charge in [-0.2, -0.15) is 0 Å². The van der Waals surface area contributed by atoms with Gasteiger partial charge in [-0.1, -0.05) is 5.57 Å². The second-order valence-corrected chi connectivity index (χ2v) is 4.94. The van der Waals surface area contributed by atoms with Crippen LogP contribution in [0.3, 0.4) is 0 Å². The molecular weight excluding hydrogens is 234 g/mol. The van der Waals surface area contributed by atoms with Crippen LogP contribution in [0.2, 0.25) is 0 Å². The van der Waals surface area contributed by atoms with Gasteiger partial charge in [0.25, 0.3) is 0 Å². The normalized spacial score (nSPS) is 24.5. The number of carbonyl (C=O) groups excluding carboxylic acids is 1. The van der Waals surface area contributed by atoms with Gasteiger partial charge in [-0.3, -0.25) is 9.59 Å². The zero-order chi connectivity index (χ0) is 13.1. The van der Waals surface area contributed by atoms with Crippen molar-refractivity contribution in [1.82, 2.24) is 4.90 Å². The monoisotopic (exact) mass is 253 g/mol. The molecule has 0 aromatic rings. The lowest BCUT2D eigenvalue weighted by atomic mass is 10.1. The molecule has 2 rings (SSSR count). The second kappa shape index (κ2) is 5.52. The van der Waals surface area contributed by atoms with Gasteiger partial charge >= 0.3 is 5.97 Å². The molecule has 0 radical (unpaired) electrons. The molecule has 18 heavy (non-hydrogen) atoms. The SMILES string of the molecule is CC1=C(C(=O)N2CCOCC2CC(=O)O)CCC1. The predicted molar refractivity (Wildman–Crippen MR) is 65.1 cm³/mol. The van der Waals surface area contributed by atoms with Gasteiger partial charge in [0, 0.05) is 12.1 Å². The topological polar surface area (TPSA) is 66.8 Å². The Morgan fingerprint density at radius 1 is 1.44 bits per heavy atom. The summed E-state index contributed by atoms with van der Waals surface area (Å²) in [5, 5.41) is 8.88. The molecule has 1 fully saturated rings. The summed E-state index contributed by atoms with van der Waals surface area (Å²) in [5.74, 6) is -0.875. The van der Waals surface area contributed by atoms with E-state index < -0.39 is 5.97 Å². The highest BCUT2D eigenvalue weighted by Crippen LogP contribution is 2.28. The van der Waals surface area contributed by atoms with Crippen LogP contribution in [-0.2, 0) is 14.3 Å². The molecule has 1 N–H and O–H groups in total. The van der Waals surface area contributed by atoms with Crippen LogP contribution in [0.15, 0.2) is 11.1 Å². The number of hydrogen-bond acceptors (Lipinski definition) is 3. The van der Waals surface area contributed by atoms with E-state index in [2.05, 4.69) is 0 Å². The molecule has 1 atom stereocenters. The van der Waals surface area contributed by atoms with Gasteiger partial charge < -0.3 is 14.7 Å². The van der Waals surface area contributed by atoms with Crippen molar-refractivity contribution in [2.45, 2.75) is 38.6 Å². The van der Waals surface area contributed by atoms with Crippen molar-refractivity contribution < 1.29 is 19.4 Å². The third-order valence-corrected chi connectivity index (χ3v) is 3.65. The summed E-state index contributed by atoms with van der Waals surface area (Å²) in [4.78, 5) is 24.9. The Balaban J connectivity index is 2.11. The number of hydrogen-bond donors (Lipinski definition) is 1. The minimum atomic E-state index is -0.888. The van der Waals surface area contributed by atoms with Crippen molar-refractivity contribution in [1.29, 1.82) is 0 Å². The van der Waals surface area contributed by atoms with Crippen LogP contribution in [-0.4, -0.2) is 47.7 Å². The van der Waals surface area contributed by atoms with Gasteiger partial charge in [0.2, 0.25) is 5.91 Å². The average molecular weight is 253 g/mol. The Morgan fingerprint density at radius 3 is 2.83 bits per heavy atom. The van der Waals surface area contributed by atoms with Gasteiger partial charge in [-0.05, 0) is 26.2 Å². The maximum Gasteiger partial charge on any atom is 0.305 e. The van der Waals surface area contributed by atoms with Gasteiger partial charge in [0.05, 0.1) is 25.7 Å². The van der Waals surface area contributed by atoms with Gasteiger partial charge in [-0.25, -0.2) is 0 Å². The number of carbonyl (C=O) groups is 2. The Morgan fingerprint density at radius 2 is 2.22 bits per heavy atom. The second-order valence-electron chi connectivity index (χ2n) is 4.94. The van der Waals surface area contributed by atoms with Gasteiger partial charge in [-0.15, -0.1) is 0 Å². The van der Waals surface area contributed by atoms with Crippen LogP contribution < -0.4 is 0 Å². The largest absolute Gasteiger partial charge is 0.481 e. The summed E-state index contributed by atoms with van der Waals surface area (Å²) in [6.45, 7) is 3.30. The molecule has 1 unspecified atom stereocenters. The van der Waals surface area contributed by atoms with E-state index in [-0.39, 0.29) is 18.4 Å². The van der Waals surface area contributed by atoms with Crippen LogP contribution in [0.5, 0.6) is 0 Å². The highest BCUT2D eigenvalue weighted by Gasteiger charge is 2.32. The Bertz CT molecular complexity index is 388. The lowest BCUT2D eigenvalue weighted by Crippen LogP contribution is -2.50. The van der Waals surface area contributed by atoms with Crippen LogP contribution in [0.1, 0.15) is 32.6 Å². The summed E-state index contributed by atoms with van der Waals surface area (Å²) >= 11 is 0. The maximum absolute atomic E-state index is 12.4. The molecule has 1 saturated heterocycles. The summed E-state index contributed by atoms with van der Waals surface area (Å²) in [6, 6.07) is -0.329. The summed E-state index contributed by atoms with van der Waals surface area (Å²) in [6.07, 6.45) is 2.79. The highest BCUT2D eigenvalue weighted by atomic mass is 16.5. The molecule has 1 aliphatic heterocycles. The fourth-order valence-electron chi connectivity index (χ4n) is 2.65. The van der Waals surface area contributed by atoms with E-state index in [1.54, 1.807) is 4.90 Å². The molecule has 0 aromatic heterocycles. The summed E-state index contributed by atoms with van der Waals surface area (Å²) < 4.78 is 5.28. The fourth-order valence-corrected chi connectivity index (χ4v) is 2.65. The molecule has 0 aromatic carbocycles. The summed E-state index contributed by atoms with van der Waals surface area (Å²) in [7, 11) is 0. The zero-order valence-corrected chi connectivity index (χ0v) is 10.6. The van der Waals surface area contributed by atoms with Crippen molar-refractivity contribution in [2.75, 3.05) is 19.8 Å². The first kappa shape index (κ1) is 13.1. The third-order valence-electron chi connectivity index (χ3n) is 3.65. The quantitative estimate of drug-likeness (QED) is 0.820. The van der Waals surface area contributed by atoms with E-state index in [1.165, 1.54) is 0 Å². The highest BCUT2D eigenvalue weighted by molar-refractivity contribution is 5.95. The minimum Gasteiger partial charge on any atom is -0.481 e. The predicted octanol–water partition coefficient (Wildman–Crippen LogP) is 1.19. The molecule has 0 bridgehead atoms. The molecule has 100 valence electrons. The Kier molecular flexibility index (Phi) is 4.01. The Labute approximate surface area is 106 Å². The smallest absolute Gasteiger partial charge is 0.305 e. The molecule has 1 amide bonds. The molecule has 5 nitrogen and oxygen atoms in total. The van der Waals surface area contributed by atoms with E-state index in [0.717, 1.165) is 30.4 Å². The van der Waals surface area contributed by atoms with Crippen LogP contribution in [0, 0.1) is 0 Å². The maximum atomic E-state index is 12.4. The number of aliphatic carboxylic acids is 1. The lowest BCUT2D eigenvalue weighted by molar-refractivity contribution is -0.144. The van der Waals surface area contributed by atoms with Crippen molar-refractivity contribution in [2.24, 2.45) is 0 Å².